The van der Waals surface area contributed by atoms with E-state index in [1.165, 1.54) is 12.1 Å². The smallest absolute Gasteiger partial charge is 0.262 e. The highest BCUT2D eigenvalue weighted by molar-refractivity contribution is 7.90. The van der Waals surface area contributed by atoms with E-state index in [2.05, 4.69) is 5.32 Å². The third-order valence-corrected chi connectivity index (χ3v) is 5.22. The van der Waals surface area contributed by atoms with Crippen LogP contribution in [0.25, 0.3) is 0 Å². The number of hydrogen-bond donors (Lipinski definition) is 1. The molecule has 0 aromatic heterocycles. The van der Waals surface area contributed by atoms with Gasteiger partial charge in [-0.15, -0.1) is 0 Å². The standard InChI is InChI=1S/C22H21NO4S/c1-28(25,26)20-12-7-11-19(15-20)23-22(24)16-27-21-13-6-5-10-18(21)14-17-8-3-2-4-9-17/h2-13,15H,14,16H2,1H3,(H,23,24). The fourth-order valence-electron chi connectivity index (χ4n) is 2.75. The highest BCUT2D eigenvalue weighted by Gasteiger charge is 2.10. The number of hydrogen-bond acceptors (Lipinski definition) is 4. The van der Waals surface area contributed by atoms with Crippen molar-refractivity contribution in [2.75, 3.05) is 18.2 Å². The van der Waals surface area contributed by atoms with Gasteiger partial charge in [0.25, 0.3) is 5.91 Å². The second kappa shape index (κ2) is 8.71. The first-order valence-corrected chi connectivity index (χ1v) is 10.7. The minimum Gasteiger partial charge on any atom is -0.483 e. The molecule has 0 aliphatic rings. The van der Waals surface area contributed by atoms with Gasteiger partial charge in [-0.25, -0.2) is 8.42 Å². The van der Waals surface area contributed by atoms with Gasteiger partial charge in [-0.1, -0.05) is 54.6 Å². The number of benzene rings is 3. The summed E-state index contributed by atoms with van der Waals surface area (Å²) in [4.78, 5) is 12.4. The zero-order valence-corrected chi connectivity index (χ0v) is 16.3. The summed E-state index contributed by atoms with van der Waals surface area (Å²) in [5.41, 5.74) is 2.55. The van der Waals surface area contributed by atoms with Crippen LogP contribution >= 0.6 is 0 Å². The van der Waals surface area contributed by atoms with Crippen molar-refractivity contribution < 1.29 is 17.9 Å². The number of carbonyl (C=O) groups is 1. The number of amides is 1. The molecule has 3 rings (SSSR count). The lowest BCUT2D eigenvalue weighted by atomic mass is 10.0. The van der Waals surface area contributed by atoms with Crippen LogP contribution in [0.5, 0.6) is 5.75 Å². The second-order valence-corrected chi connectivity index (χ2v) is 8.42. The molecule has 5 nitrogen and oxygen atoms in total. The number of carbonyl (C=O) groups excluding carboxylic acids is 1. The minimum absolute atomic E-state index is 0.152. The van der Waals surface area contributed by atoms with Crippen molar-refractivity contribution in [1.29, 1.82) is 0 Å². The van der Waals surface area contributed by atoms with Gasteiger partial charge in [0.15, 0.2) is 16.4 Å². The van der Waals surface area contributed by atoms with E-state index in [0.29, 0.717) is 17.9 Å². The van der Waals surface area contributed by atoms with Gasteiger partial charge in [0.1, 0.15) is 5.75 Å². The molecule has 0 aliphatic carbocycles. The van der Waals surface area contributed by atoms with E-state index in [-0.39, 0.29) is 17.4 Å². The molecular weight excluding hydrogens is 374 g/mol. The second-order valence-electron chi connectivity index (χ2n) is 6.41. The Labute approximate surface area is 164 Å². The van der Waals surface area contributed by atoms with E-state index >= 15 is 0 Å². The summed E-state index contributed by atoms with van der Waals surface area (Å²) in [6.45, 7) is -0.172. The first-order valence-electron chi connectivity index (χ1n) is 8.76. The molecule has 3 aromatic carbocycles. The third kappa shape index (κ3) is 5.44. The van der Waals surface area contributed by atoms with E-state index in [9.17, 15) is 13.2 Å². The lowest BCUT2D eigenvalue weighted by Gasteiger charge is -2.12. The molecule has 28 heavy (non-hydrogen) atoms. The van der Waals surface area contributed by atoms with Gasteiger partial charge in [0.05, 0.1) is 4.90 Å². The van der Waals surface area contributed by atoms with Crippen molar-refractivity contribution in [1.82, 2.24) is 0 Å². The number of anilines is 1. The molecule has 0 spiro atoms. The summed E-state index contributed by atoms with van der Waals surface area (Å²) in [6.07, 6.45) is 1.83. The maximum atomic E-state index is 12.2. The molecule has 0 bridgehead atoms. The van der Waals surface area contributed by atoms with Crippen molar-refractivity contribution in [3.05, 3.63) is 90.0 Å². The number of ether oxygens (including phenoxy) is 1. The Balaban J connectivity index is 1.64. The molecule has 0 saturated carbocycles. The fraction of sp³-hybridized carbons (Fsp3) is 0.136. The molecule has 1 N–H and O–H groups in total. The maximum absolute atomic E-state index is 12.2. The Morgan fingerprint density at radius 1 is 0.929 bits per heavy atom. The monoisotopic (exact) mass is 395 g/mol. The third-order valence-electron chi connectivity index (χ3n) is 4.11. The van der Waals surface area contributed by atoms with Crippen LogP contribution in [0, 0.1) is 0 Å². The van der Waals surface area contributed by atoms with Gasteiger partial charge in [-0.2, -0.15) is 0 Å². The van der Waals surface area contributed by atoms with Crippen LogP contribution in [0.3, 0.4) is 0 Å². The van der Waals surface area contributed by atoms with E-state index in [0.717, 1.165) is 17.4 Å². The van der Waals surface area contributed by atoms with Gasteiger partial charge in [-0.3, -0.25) is 4.79 Å². The summed E-state index contributed by atoms with van der Waals surface area (Å²) < 4.78 is 29.0. The first kappa shape index (κ1) is 19.6. The summed E-state index contributed by atoms with van der Waals surface area (Å²) in [6, 6.07) is 23.7. The minimum atomic E-state index is -3.33. The zero-order chi connectivity index (χ0) is 20.0. The van der Waals surface area contributed by atoms with Crippen molar-refractivity contribution in [2.45, 2.75) is 11.3 Å². The first-order chi connectivity index (χ1) is 13.4. The number of para-hydroxylation sites is 1. The van der Waals surface area contributed by atoms with Crippen molar-refractivity contribution >= 4 is 21.4 Å². The van der Waals surface area contributed by atoms with Gasteiger partial charge < -0.3 is 10.1 Å². The molecule has 0 unspecified atom stereocenters. The Hall–Kier alpha value is -3.12. The Morgan fingerprint density at radius 2 is 1.64 bits per heavy atom. The van der Waals surface area contributed by atoms with Crippen LogP contribution < -0.4 is 10.1 Å². The van der Waals surface area contributed by atoms with Gasteiger partial charge in [0.2, 0.25) is 0 Å². The maximum Gasteiger partial charge on any atom is 0.262 e. The highest BCUT2D eigenvalue weighted by Crippen LogP contribution is 2.21. The van der Waals surface area contributed by atoms with E-state index in [4.69, 9.17) is 4.74 Å². The lowest BCUT2D eigenvalue weighted by Crippen LogP contribution is -2.20. The molecule has 0 atom stereocenters. The molecule has 6 heteroatoms. The Morgan fingerprint density at radius 3 is 2.39 bits per heavy atom. The Bertz CT molecular complexity index is 1060. The molecular formula is C22H21NO4S. The van der Waals surface area contributed by atoms with E-state index in [1.807, 2.05) is 54.6 Å². The molecule has 0 aliphatic heterocycles. The largest absolute Gasteiger partial charge is 0.483 e. The zero-order valence-electron chi connectivity index (χ0n) is 15.5. The van der Waals surface area contributed by atoms with Crippen LogP contribution in [-0.4, -0.2) is 27.2 Å². The molecule has 1 amide bonds. The van der Waals surface area contributed by atoms with Crippen LogP contribution in [0.1, 0.15) is 11.1 Å². The van der Waals surface area contributed by atoms with Gasteiger partial charge in [0, 0.05) is 18.4 Å². The van der Waals surface area contributed by atoms with Crippen molar-refractivity contribution in [2.24, 2.45) is 0 Å². The normalized spacial score (nSPS) is 11.0. The van der Waals surface area contributed by atoms with Crippen LogP contribution in [0.4, 0.5) is 5.69 Å². The average molecular weight is 395 g/mol. The average Bonchev–Trinajstić information content (AvgIpc) is 2.68. The van der Waals surface area contributed by atoms with E-state index < -0.39 is 9.84 Å². The summed E-state index contributed by atoms with van der Waals surface area (Å²) in [5, 5.41) is 2.67. The summed E-state index contributed by atoms with van der Waals surface area (Å²) in [5.74, 6) is 0.284. The molecule has 3 aromatic rings. The van der Waals surface area contributed by atoms with E-state index in [1.54, 1.807) is 12.1 Å². The lowest BCUT2D eigenvalue weighted by molar-refractivity contribution is -0.118. The molecule has 0 saturated heterocycles. The number of rotatable bonds is 7. The van der Waals surface area contributed by atoms with Crippen molar-refractivity contribution in [3.63, 3.8) is 0 Å². The summed E-state index contributed by atoms with van der Waals surface area (Å²) >= 11 is 0. The predicted molar refractivity (Wildman–Crippen MR) is 109 cm³/mol. The number of sulfone groups is 1. The number of nitrogens with one attached hydrogen (secondary N) is 1. The SMILES string of the molecule is CS(=O)(=O)c1cccc(NC(=O)COc2ccccc2Cc2ccccc2)c1. The topological polar surface area (TPSA) is 72.5 Å². The van der Waals surface area contributed by atoms with Crippen LogP contribution in [0.2, 0.25) is 0 Å². The van der Waals surface area contributed by atoms with Crippen LogP contribution in [-0.2, 0) is 21.1 Å². The van der Waals surface area contributed by atoms with Crippen molar-refractivity contribution in [3.8, 4) is 5.75 Å². The predicted octanol–water partition coefficient (Wildman–Crippen LogP) is 3.70. The summed E-state index contributed by atoms with van der Waals surface area (Å²) in [7, 11) is -3.33. The molecule has 0 radical (unpaired) electrons. The fourth-order valence-corrected chi connectivity index (χ4v) is 3.42. The quantitative estimate of drug-likeness (QED) is 0.662. The molecule has 0 fully saturated rings. The van der Waals surface area contributed by atoms with Gasteiger partial charge in [-0.05, 0) is 35.4 Å². The van der Waals surface area contributed by atoms with Gasteiger partial charge >= 0.3 is 0 Å². The Kier molecular flexibility index (Phi) is 6.11. The highest BCUT2D eigenvalue weighted by atomic mass is 32.2. The molecule has 0 heterocycles. The molecule has 144 valence electrons. The van der Waals surface area contributed by atoms with Crippen LogP contribution in [0.15, 0.2) is 83.8 Å².